The summed E-state index contributed by atoms with van der Waals surface area (Å²) in [6.07, 6.45) is -0.464. The van der Waals surface area contributed by atoms with E-state index in [1.165, 1.54) is 14.2 Å². The summed E-state index contributed by atoms with van der Waals surface area (Å²) in [5.74, 6) is 3.45. The van der Waals surface area contributed by atoms with Gasteiger partial charge in [-0.2, -0.15) is 8.78 Å². The van der Waals surface area contributed by atoms with Crippen LogP contribution in [0.5, 0.6) is 5.75 Å². The van der Waals surface area contributed by atoms with E-state index in [0.717, 1.165) is 6.54 Å². The predicted octanol–water partition coefficient (Wildman–Crippen LogP) is 5.03. The molecule has 3 aromatic rings. The van der Waals surface area contributed by atoms with Gasteiger partial charge in [0, 0.05) is 31.1 Å². The zero-order chi connectivity index (χ0) is 27.2. The molecule has 7 nitrogen and oxygen atoms in total. The van der Waals surface area contributed by atoms with Gasteiger partial charge >= 0.3 is 0 Å². The van der Waals surface area contributed by atoms with Gasteiger partial charge in [-0.05, 0) is 61.5 Å². The predicted molar refractivity (Wildman–Crippen MR) is 144 cm³/mol. The monoisotopic (exact) mass is 546 g/mol. The third kappa shape index (κ3) is 6.31. The summed E-state index contributed by atoms with van der Waals surface area (Å²) >= 11 is 0.362. The Bertz CT molecular complexity index is 1350. The van der Waals surface area contributed by atoms with Crippen molar-refractivity contribution in [3.63, 3.8) is 0 Å². The smallest absolute Gasteiger partial charge is 0.289 e. The molecule has 1 aliphatic rings. The second-order valence-electron chi connectivity index (χ2n) is 8.79. The first-order chi connectivity index (χ1) is 18.3. The summed E-state index contributed by atoms with van der Waals surface area (Å²) < 4.78 is 52.8. The van der Waals surface area contributed by atoms with E-state index in [0.29, 0.717) is 58.4 Å². The molecule has 3 N–H and O–H groups in total. The largest absolute Gasteiger partial charge is 0.495 e. The number of ether oxygens (including phenoxy) is 1. The Morgan fingerprint density at radius 2 is 2.11 bits per heavy atom. The zero-order valence-electron chi connectivity index (χ0n) is 21.2. The van der Waals surface area contributed by atoms with Crippen LogP contribution in [0.4, 0.5) is 24.5 Å². The third-order valence-corrected chi connectivity index (χ3v) is 7.04. The Morgan fingerprint density at radius 1 is 1.29 bits per heavy atom. The SMILES string of the molecule is CNC(=O)c1ccc(OC)c(NCC#Cc2oc3c(N[C@@H]4CCN(C)C[C@@H]4F)cccc3c2SC(F)F)c1. The molecule has 1 saturated heterocycles. The minimum absolute atomic E-state index is 0.104. The van der Waals surface area contributed by atoms with Crippen LogP contribution < -0.4 is 20.7 Å². The molecular weight excluding hydrogens is 517 g/mol. The lowest BCUT2D eigenvalue weighted by Crippen LogP contribution is -2.46. The maximum Gasteiger partial charge on any atom is 0.289 e. The maximum absolute atomic E-state index is 14.6. The molecule has 0 radical (unpaired) electrons. The highest BCUT2D eigenvalue weighted by Crippen LogP contribution is 2.40. The minimum Gasteiger partial charge on any atom is -0.495 e. The number of furan rings is 1. The van der Waals surface area contributed by atoms with Crippen LogP contribution in [-0.4, -0.2) is 69.6 Å². The first-order valence-electron chi connectivity index (χ1n) is 12.0. The second-order valence-corrected chi connectivity index (χ2v) is 9.79. The molecular formula is C27H29F3N4O3S. The molecule has 0 saturated carbocycles. The molecule has 0 bridgehead atoms. The molecule has 202 valence electrons. The van der Waals surface area contributed by atoms with Crippen molar-refractivity contribution in [2.24, 2.45) is 0 Å². The number of benzene rings is 2. The van der Waals surface area contributed by atoms with Crippen LogP contribution in [0.25, 0.3) is 11.0 Å². The molecule has 2 aromatic carbocycles. The highest BCUT2D eigenvalue weighted by molar-refractivity contribution is 7.99. The van der Waals surface area contributed by atoms with E-state index in [-0.39, 0.29) is 23.1 Å². The molecule has 4 rings (SSSR count). The first-order valence-corrected chi connectivity index (χ1v) is 12.9. The van der Waals surface area contributed by atoms with Crippen LogP contribution in [-0.2, 0) is 0 Å². The number of nitrogens with zero attached hydrogens (tertiary/aromatic N) is 1. The lowest BCUT2D eigenvalue weighted by molar-refractivity contribution is 0.0963. The fourth-order valence-corrected chi connectivity index (χ4v) is 4.98. The number of alkyl halides is 3. The minimum atomic E-state index is -2.67. The van der Waals surface area contributed by atoms with Gasteiger partial charge in [0.2, 0.25) is 0 Å². The molecule has 0 aliphatic carbocycles. The van der Waals surface area contributed by atoms with E-state index in [2.05, 4.69) is 27.8 Å². The number of nitrogens with one attached hydrogen (secondary N) is 3. The molecule has 2 heterocycles. The first kappa shape index (κ1) is 27.5. The van der Waals surface area contributed by atoms with Gasteiger partial charge in [-0.1, -0.05) is 12.0 Å². The van der Waals surface area contributed by atoms with Crippen LogP contribution >= 0.6 is 11.8 Å². The molecule has 1 amide bonds. The topological polar surface area (TPSA) is 78.8 Å². The molecule has 11 heteroatoms. The Labute approximate surface area is 223 Å². The third-order valence-electron chi connectivity index (χ3n) is 6.22. The van der Waals surface area contributed by atoms with Gasteiger partial charge in [0.05, 0.1) is 36.0 Å². The number of anilines is 2. The van der Waals surface area contributed by atoms with Crippen molar-refractivity contribution in [3.05, 3.63) is 47.7 Å². The van der Waals surface area contributed by atoms with Gasteiger partial charge in [-0.3, -0.25) is 4.79 Å². The molecule has 0 spiro atoms. The number of fused-ring (bicyclic) bond motifs is 1. The lowest BCUT2D eigenvalue weighted by Gasteiger charge is -2.33. The molecule has 1 aliphatic heterocycles. The van der Waals surface area contributed by atoms with Crippen LogP contribution in [0.2, 0.25) is 0 Å². The number of rotatable bonds is 8. The Kier molecular flexibility index (Phi) is 8.97. The summed E-state index contributed by atoms with van der Waals surface area (Å²) in [5, 5.41) is 9.35. The van der Waals surface area contributed by atoms with Gasteiger partial charge in [0.15, 0.2) is 11.3 Å². The average molecular weight is 547 g/mol. The zero-order valence-corrected chi connectivity index (χ0v) is 22.1. The number of likely N-dealkylation sites (tertiary alicyclic amines) is 1. The van der Waals surface area contributed by atoms with Crippen molar-refractivity contribution in [2.75, 3.05) is 51.5 Å². The van der Waals surface area contributed by atoms with Crippen LogP contribution in [0.3, 0.4) is 0 Å². The molecule has 1 aromatic heterocycles. The summed E-state index contributed by atoms with van der Waals surface area (Å²) in [4.78, 5) is 14.1. The Balaban J connectivity index is 1.59. The Morgan fingerprint density at radius 3 is 2.82 bits per heavy atom. The number of piperidine rings is 1. The van der Waals surface area contributed by atoms with Crippen LogP contribution in [0.15, 0.2) is 45.7 Å². The summed E-state index contributed by atoms with van der Waals surface area (Å²) in [5.41, 5.74) is 1.90. The van der Waals surface area contributed by atoms with E-state index in [1.807, 2.05) is 11.9 Å². The average Bonchev–Trinajstić information content (AvgIpc) is 3.25. The fourth-order valence-electron chi connectivity index (χ4n) is 4.31. The van der Waals surface area contributed by atoms with Crippen molar-refractivity contribution in [2.45, 2.75) is 29.3 Å². The highest BCUT2D eigenvalue weighted by Gasteiger charge is 2.28. The summed E-state index contributed by atoms with van der Waals surface area (Å²) in [6, 6.07) is 9.69. The van der Waals surface area contributed by atoms with Gasteiger partial charge < -0.3 is 30.0 Å². The van der Waals surface area contributed by atoms with Crippen molar-refractivity contribution in [3.8, 4) is 17.6 Å². The van der Waals surface area contributed by atoms with Gasteiger partial charge in [-0.15, -0.1) is 0 Å². The summed E-state index contributed by atoms with van der Waals surface area (Å²) in [6.45, 7) is 1.20. The quantitative estimate of drug-likeness (QED) is 0.270. The number of carbonyl (C=O) groups excluding carboxylic acids is 1. The molecule has 2 atom stereocenters. The van der Waals surface area contributed by atoms with Crippen molar-refractivity contribution < 1.29 is 27.1 Å². The molecule has 1 fully saturated rings. The van der Waals surface area contributed by atoms with Gasteiger partial charge in [0.1, 0.15) is 11.9 Å². The van der Waals surface area contributed by atoms with E-state index in [1.54, 1.807) is 36.4 Å². The van der Waals surface area contributed by atoms with Crippen molar-refractivity contribution in [1.29, 1.82) is 0 Å². The number of hydrogen-bond donors (Lipinski definition) is 3. The number of halogens is 3. The molecule has 38 heavy (non-hydrogen) atoms. The number of amides is 1. The normalized spacial score (nSPS) is 17.7. The van der Waals surface area contributed by atoms with E-state index >= 15 is 0 Å². The van der Waals surface area contributed by atoms with Crippen molar-refractivity contribution >= 4 is 40.0 Å². The van der Waals surface area contributed by atoms with Crippen LogP contribution in [0, 0.1) is 11.8 Å². The summed E-state index contributed by atoms with van der Waals surface area (Å²) in [7, 11) is 4.92. The van der Waals surface area contributed by atoms with Gasteiger partial charge in [-0.25, -0.2) is 4.39 Å². The number of methoxy groups -OCH3 is 1. The number of carbonyl (C=O) groups is 1. The fraction of sp³-hybridized carbons (Fsp3) is 0.370. The number of hydrogen-bond acceptors (Lipinski definition) is 7. The Hall–Kier alpha value is -3.49. The van der Waals surface area contributed by atoms with E-state index < -0.39 is 18.0 Å². The number of thioether (sulfide) groups is 1. The van der Waals surface area contributed by atoms with Gasteiger partial charge in [0.25, 0.3) is 11.7 Å². The maximum atomic E-state index is 14.6. The van der Waals surface area contributed by atoms with Crippen molar-refractivity contribution in [1.82, 2.24) is 10.2 Å². The second kappa shape index (κ2) is 12.4. The van der Waals surface area contributed by atoms with E-state index in [9.17, 15) is 18.0 Å². The number of para-hydroxylation sites is 1. The lowest BCUT2D eigenvalue weighted by atomic mass is 10.0. The van der Waals surface area contributed by atoms with Crippen LogP contribution in [0.1, 0.15) is 22.5 Å². The molecule has 0 unspecified atom stereocenters. The highest BCUT2D eigenvalue weighted by atomic mass is 32.2. The van der Waals surface area contributed by atoms with E-state index in [4.69, 9.17) is 9.15 Å². The standard InChI is InChI=1S/C27H29F3N4O3S/c1-31-26(35)16-9-10-22(36-3)21(14-16)32-12-5-8-23-25(38-27(29)30)17-6-4-7-20(24(17)37-23)33-19-11-13-34(2)15-18(19)28/h4,6-7,9-10,14,18-19,27,32-33H,11-13,15H2,1-3H3,(H,31,35)/t18-,19+/m0/s1.